The second kappa shape index (κ2) is 9.94. The van der Waals surface area contributed by atoms with Gasteiger partial charge in [-0.25, -0.2) is 0 Å². The van der Waals surface area contributed by atoms with E-state index in [4.69, 9.17) is 4.74 Å². The Morgan fingerprint density at radius 1 is 1.06 bits per heavy atom. The highest BCUT2D eigenvalue weighted by molar-refractivity contribution is 5.90. The summed E-state index contributed by atoms with van der Waals surface area (Å²) in [5.41, 5.74) is 1.02. The average molecular weight is 498 g/mol. The van der Waals surface area contributed by atoms with Gasteiger partial charge in [0.25, 0.3) is 0 Å². The van der Waals surface area contributed by atoms with Crippen molar-refractivity contribution >= 4 is 11.6 Å². The summed E-state index contributed by atoms with van der Waals surface area (Å²) in [7, 11) is 1.64. The molecule has 200 valence electrons. The van der Waals surface area contributed by atoms with Gasteiger partial charge < -0.3 is 20.3 Å². The zero-order chi connectivity index (χ0) is 25.7. The molecular formula is C31H47NO4. The minimum absolute atomic E-state index is 0.0512. The summed E-state index contributed by atoms with van der Waals surface area (Å²) in [5, 5.41) is 25.1. The van der Waals surface area contributed by atoms with E-state index in [2.05, 4.69) is 26.1 Å². The minimum Gasteiger partial charge on any atom is -0.497 e. The van der Waals surface area contributed by atoms with Crippen molar-refractivity contribution in [2.45, 2.75) is 97.2 Å². The lowest BCUT2D eigenvalue weighted by Crippen LogP contribution is -2.58. The van der Waals surface area contributed by atoms with Crippen LogP contribution in [0.25, 0.3) is 0 Å². The van der Waals surface area contributed by atoms with Crippen molar-refractivity contribution in [1.29, 1.82) is 0 Å². The fourth-order valence-electron chi connectivity index (χ4n) is 9.62. The van der Waals surface area contributed by atoms with Gasteiger partial charge in [-0.1, -0.05) is 20.8 Å². The van der Waals surface area contributed by atoms with Crippen LogP contribution in [0.4, 0.5) is 5.69 Å². The second-order valence-electron chi connectivity index (χ2n) is 13.2. The SMILES string of the molecule is COc1ccc(NC(=O)CC[C@@H](C)[C@@H]2CC[C@@H]3[C@@H]4CC[C@H]5C[C@H](O)CC[C@]5(C)[C@@H]4C[C@H](O)[C@@]32C)cc1. The zero-order valence-electron chi connectivity index (χ0n) is 22.7. The largest absolute Gasteiger partial charge is 0.497 e. The molecule has 1 aromatic rings. The number of fused-ring (bicyclic) bond motifs is 5. The van der Waals surface area contributed by atoms with E-state index in [0.29, 0.717) is 41.9 Å². The number of nitrogens with one attached hydrogen (secondary N) is 1. The van der Waals surface area contributed by atoms with Gasteiger partial charge in [0, 0.05) is 12.1 Å². The van der Waals surface area contributed by atoms with E-state index in [1.807, 2.05) is 24.3 Å². The maximum Gasteiger partial charge on any atom is 0.224 e. The van der Waals surface area contributed by atoms with Crippen LogP contribution in [-0.4, -0.2) is 35.4 Å². The van der Waals surface area contributed by atoms with E-state index >= 15 is 0 Å². The first-order chi connectivity index (χ1) is 17.2. The molecule has 0 aliphatic heterocycles. The first-order valence-corrected chi connectivity index (χ1v) is 14.5. The molecule has 4 saturated carbocycles. The Bertz CT molecular complexity index is 933. The van der Waals surface area contributed by atoms with Gasteiger partial charge in [-0.15, -0.1) is 0 Å². The summed E-state index contributed by atoms with van der Waals surface area (Å²) < 4.78 is 5.20. The van der Waals surface area contributed by atoms with Gasteiger partial charge in [0.15, 0.2) is 0 Å². The van der Waals surface area contributed by atoms with Gasteiger partial charge in [-0.05, 0) is 128 Å². The molecule has 5 nitrogen and oxygen atoms in total. The fraction of sp³-hybridized carbons (Fsp3) is 0.774. The monoisotopic (exact) mass is 497 g/mol. The number of hydrogen-bond donors (Lipinski definition) is 3. The number of aliphatic hydroxyl groups excluding tert-OH is 2. The van der Waals surface area contributed by atoms with Gasteiger partial charge in [0.2, 0.25) is 5.91 Å². The van der Waals surface area contributed by atoms with E-state index < -0.39 is 0 Å². The summed E-state index contributed by atoms with van der Waals surface area (Å²) in [6.07, 6.45) is 9.75. The highest BCUT2D eigenvalue weighted by atomic mass is 16.5. The average Bonchev–Trinajstić information content (AvgIpc) is 3.23. The first-order valence-electron chi connectivity index (χ1n) is 14.5. The predicted molar refractivity (Wildman–Crippen MR) is 143 cm³/mol. The van der Waals surface area contributed by atoms with Crippen LogP contribution >= 0.6 is 0 Å². The second-order valence-corrected chi connectivity index (χ2v) is 13.2. The number of benzene rings is 1. The van der Waals surface area contributed by atoms with Crippen molar-refractivity contribution < 1.29 is 19.7 Å². The maximum absolute atomic E-state index is 12.7. The summed E-state index contributed by atoms with van der Waals surface area (Å²) in [5.74, 6) is 4.18. The Balaban J connectivity index is 1.23. The highest BCUT2D eigenvalue weighted by Gasteiger charge is 2.63. The molecule has 5 heteroatoms. The zero-order valence-corrected chi connectivity index (χ0v) is 22.7. The van der Waals surface area contributed by atoms with Crippen LogP contribution in [0.1, 0.15) is 85.0 Å². The van der Waals surface area contributed by atoms with Crippen LogP contribution in [0, 0.1) is 46.3 Å². The molecule has 4 aliphatic carbocycles. The molecule has 1 amide bonds. The van der Waals surface area contributed by atoms with Crippen molar-refractivity contribution in [1.82, 2.24) is 0 Å². The number of amides is 1. The smallest absolute Gasteiger partial charge is 0.224 e. The van der Waals surface area contributed by atoms with Crippen molar-refractivity contribution in [2.75, 3.05) is 12.4 Å². The quantitative estimate of drug-likeness (QED) is 0.448. The molecule has 10 atom stereocenters. The highest BCUT2D eigenvalue weighted by Crippen LogP contribution is 2.68. The number of hydrogen-bond acceptors (Lipinski definition) is 4. The van der Waals surface area contributed by atoms with E-state index in [-0.39, 0.29) is 28.9 Å². The van der Waals surface area contributed by atoms with Crippen LogP contribution in [0.2, 0.25) is 0 Å². The van der Waals surface area contributed by atoms with Crippen LogP contribution in [0.3, 0.4) is 0 Å². The molecule has 1 aromatic carbocycles. The van der Waals surface area contributed by atoms with Crippen molar-refractivity contribution in [3.8, 4) is 5.75 Å². The van der Waals surface area contributed by atoms with Crippen LogP contribution in [0.5, 0.6) is 5.75 Å². The topological polar surface area (TPSA) is 78.8 Å². The Morgan fingerprint density at radius 3 is 2.53 bits per heavy atom. The Kier molecular flexibility index (Phi) is 7.19. The van der Waals surface area contributed by atoms with Crippen molar-refractivity contribution in [2.24, 2.45) is 46.3 Å². The first kappa shape index (κ1) is 26.0. The van der Waals surface area contributed by atoms with Crippen molar-refractivity contribution in [3.05, 3.63) is 24.3 Å². The molecule has 3 N–H and O–H groups in total. The molecule has 0 radical (unpaired) electrons. The third kappa shape index (κ3) is 4.38. The Morgan fingerprint density at radius 2 is 1.81 bits per heavy atom. The van der Waals surface area contributed by atoms with E-state index in [1.165, 1.54) is 25.7 Å². The minimum atomic E-state index is -0.269. The fourth-order valence-corrected chi connectivity index (χ4v) is 9.62. The molecule has 0 heterocycles. The number of carbonyl (C=O) groups is 1. The number of ether oxygens (including phenoxy) is 1. The molecule has 0 spiro atoms. The van der Waals surface area contributed by atoms with E-state index in [0.717, 1.165) is 43.5 Å². The van der Waals surface area contributed by atoms with Crippen molar-refractivity contribution in [3.63, 3.8) is 0 Å². The molecule has 36 heavy (non-hydrogen) atoms. The molecule has 0 aromatic heterocycles. The summed E-state index contributed by atoms with van der Waals surface area (Å²) >= 11 is 0. The Labute approximate surface area is 217 Å². The number of anilines is 1. The van der Waals surface area contributed by atoms with Gasteiger partial charge in [-0.2, -0.15) is 0 Å². The molecular weight excluding hydrogens is 450 g/mol. The van der Waals surface area contributed by atoms with E-state index in [1.54, 1.807) is 7.11 Å². The number of methoxy groups -OCH3 is 1. The number of rotatable bonds is 6. The van der Waals surface area contributed by atoms with E-state index in [9.17, 15) is 15.0 Å². The lowest BCUT2D eigenvalue weighted by molar-refractivity contribution is -0.174. The summed E-state index contributed by atoms with van der Waals surface area (Å²) in [6.45, 7) is 7.16. The van der Waals surface area contributed by atoms with Crippen LogP contribution in [0.15, 0.2) is 24.3 Å². The molecule has 0 unspecified atom stereocenters. The molecule has 4 fully saturated rings. The molecule has 4 aliphatic rings. The van der Waals surface area contributed by atoms with Gasteiger partial charge in [0.05, 0.1) is 19.3 Å². The Hall–Kier alpha value is -1.59. The predicted octanol–water partition coefficient (Wildman–Crippen LogP) is 6.04. The van der Waals surface area contributed by atoms with Crippen LogP contribution < -0.4 is 10.1 Å². The molecule has 0 bridgehead atoms. The molecule has 5 rings (SSSR count). The van der Waals surface area contributed by atoms with Gasteiger partial charge in [-0.3, -0.25) is 4.79 Å². The summed E-state index contributed by atoms with van der Waals surface area (Å²) in [6, 6.07) is 7.47. The third-order valence-electron chi connectivity index (χ3n) is 11.7. The summed E-state index contributed by atoms with van der Waals surface area (Å²) in [4.78, 5) is 12.7. The van der Waals surface area contributed by atoms with Crippen LogP contribution in [-0.2, 0) is 4.79 Å². The third-order valence-corrected chi connectivity index (χ3v) is 11.7. The van der Waals surface area contributed by atoms with Gasteiger partial charge in [0.1, 0.15) is 5.75 Å². The standard InChI is InChI=1S/C31H47NO4/c1-19(5-14-29(35)32-21-7-9-23(36-4)10-8-21)25-12-13-26-24-11-6-20-17-22(33)15-16-30(20,2)27(24)18-28(34)31(25,26)3/h7-10,19-20,22,24-28,33-34H,5-6,11-18H2,1-4H3,(H,32,35)/t19-,20+,22-,24+,25+,26-,27-,28+,30+,31-/m1/s1. The lowest BCUT2D eigenvalue weighted by atomic mass is 9.43. The normalized spacial score (nSPS) is 42.6. The number of aliphatic hydroxyl groups is 2. The lowest BCUT2D eigenvalue weighted by Gasteiger charge is -2.62. The van der Waals surface area contributed by atoms with Gasteiger partial charge >= 0.3 is 0 Å². The number of carbonyl (C=O) groups excluding carboxylic acids is 1. The molecule has 0 saturated heterocycles. The maximum atomic E-state index is 12.7.